The number of aromatic nitrogens is 3. The highest BCUT2D eigenvalue weighted by Crippen LogP contribution is 2.40. The van der Waals surface area contributed by atoms with Crippen molar-refractivity contribution in [2.45, 2.75) is 6.92 Å². The number of hydrogen-bond acceptors (Lipinski definition) is 3. The van der Waals surface area contributed by atoms with Gasteiger partial charge in [-0.25, -0.2) is 15.0 Å². The molecule has 3 nitrogen and oxygen atoms in total. The Balaban J connectivity index is 1.23. The van der Waals surface area contributed by atoms with Gasteiger partial charge in [0.15, 0.2) is 17.5 Å². The summed E-state index contributed by atoms with van der Waals surface area (Å²) in [6.07, 6.45) is 7.69. The minimum atomic E-state index is 0.584. The Hall–Kier alpha value is -8.01. The predicted octanol–water partition coefficient (Wildman–Crippen LogP) is 15.4. The minimum absolute atomic E-state index is 0.584. The average molecular weight is 782 g/mol. The Labute approximate surface area is 358 Å². The summed E-state index contributed by atoms with van der Waals surface area (Å²) in [5.41, 5.74) is 16.4. The minimum Gasteiger partial charge on any atom is -0.208 e. The van der Waals surface area contributed by atoms with Crippen molar-refractivity contribution in [3.8, 4) is 89.5 Å². The van der Waals surface area contributed by atoms with Crippen molar-refractivity contribution in [3.05, 3.63) is 243 Å². The summed E-state index contributed by atoms with van der Waals surface area (Å²) in [6.45, 7) is 5.95. The van der Waals surface area contributed by atoms with Crippen molar-refractivity contribution in [3.63, 3.8) is 0 Å². The van der Waals surface area contributed by atoms with Gasteiger partial charge in [-0.3, -0.25) is 0 Å². The molecule has 0 aliphatic rings. The molecule has 0 saturated heterocycles. The highest BCUT2D eigenvalue weighted by molar-refractivity contribution is 5.91. The Bertz CT molecular complexity index is 3000. The number of nitrogens with zero attached hydrogens (tertiary/aromatic N) is 3. The van der Waals surface area contributed by atoms with E-state index in [0.717, 1.165) is 61.2 Å². The molecule has 0 N–H and O–H groups in total. The number of benzene rings is 8. The van der Waals surface area contributed by atoms with Gasteiger partial charge in [0.05, 0.1) is 0 Å². The lowest BCUT2D eigenvalue weighted by atomic mass is 9.88. The Morgan fingerprint density at radius 3 is 1.38 bits per heavy atom. The lowest BCUT2D eigenvalue weighted by Gasteiger charge is -2.17. The van der Waals surface area contributed by atoms with E-state index in [1.54, 1.807) is 6.08 Å². The third kappa shape index (κ3) is 8.59. The molecule has 0 aliphatic heterocycles. The zero-order valence-electron chi connectivity index (χ0n) is 34.0. The van der Waals surface area contributed by atoms with E-state index in [2.05, 4.69) is 183 Å². The molecular weight excluding hydrogens is 739 g/mol. The molecule has 0 bridgehead atoms. The normalized spacial score (nSPS) is 11.5. The first-order valence-electron chi connectivity index (χ1n) is 20.6. The molecular formula is C58H43N3. The highest BCUT2D eigenvalue weighted by Gasteiger charge is 2.17. The van der Waals surface area contributed by atoms with Gasteiger partial charge < -0.3 is 0 Å². The molecule has 0 spiro atoms. The van der Waals surface area contributed by atoms with Crippen molar-refractivity contribution >= 4 is 5.57 Å². The molecule has 61 heavy (non-hydrogen) atoms. The molecule has 290 valence electrons. The maximum absolute atomic E-state index is 5.08. The number of hydrogen-bond donors (Lipinski definition) is 0. The quantitative estimate of drug-likeness (QED) is 0.123. The van der Waals surface area contributed by atoms with Gasteiger partial charge in [0, 0.05) is 16.7 Å². The van der Waals surface area contributed by atoms with E-state index in [-0.39, 0.29) is 0 Å². The molecule has 3 heteroatoms. The summed E-state index contributed by atoms with van der Waals surface area (Å²) in [6, 6.07) is 73.1. The van der Waals surface area contributed by atoms with E-state index >= 15 is 0 Å². The second kappa shape index (κ2) is 17.9. The molecule has 9 aromatic rings. The van der Waals surface area contributed by atoms with Crippen LogP contribution < -0.4 is 0 Å². The zero-order valence-corrected chi connectivity index (χ0v) is 34.0. The van der Waals surface area contributed by atoms with Crippen LogP contribution >= 0.6 is 0 Å². The van der Waals surface area contributed by atoms with Crippen molar-refractivity contribution in [2.75, 3.05) is 0 Å². The topological polar surface area (TPSA) is 38.7 Å². The van der Waals surface area contributed by atoms with Gasteiger partial charge in [-0.2, -0.15) is 0 Å². The third-order valence-electron chi connectivity index (χ3n) is 10.8. The SMILES string of the molecule is C=C/C=C(\C=C/C)c1nc(-c2ccccc2)nc(-c2ccc(-c3cc(-c4ccc(-c5ccccc5)cc4)cc(-c4cccc(-c5ccccc5)c4)c3)c(-c3ccccc3)c2)n1. The predicted molar refractivity (Wildman–Crippen MR) is 256 cm³/mol. The second-order valence-corrected chi connectivity index (χ2v) is 14.8. The third-order valence-corrected chi connectivity index (χ3v) is 10.8. The molecule has 0 aliphatic carbocycles. The molecule has 0 saturated carbocycles. The van der Waals surface area contributed by atoms with Crippen LogP contribution in [0.5, 0.6) is 0 Å². The van der Waals surface area contributed by atoms with Gasteiger partial charge in [-0.15, -0.1) is 0 Å². The Morgan fingerprint density at radius 1 is 0.361 bits per heavy atom. The van der Waals surface area contributed by atoms with E-state index in [9.17, 15) is 0 Å². The summed E-state index contributed by atoms with van der Waals surface area (Å²) >= 11 is 0. The average Bonchev–Trinajstić information content (AvgIpc) is 3.34. The lowest BCUT2D eigenvalue weighted by molar-refractivity contribution is 1.04. The number of allylic oxidation sites excluding steroid dienone is 5. The fourth-order valence-electron chi connectivity index (χ4n) is 7.76. The van der Waals surface area contributed by atoms with Crippen LogP contribution in [-0.4, -0.2) is 15.0 Å². The second-order valence-electron chi connectivity index (χ2n) is 14.8. The van der Waals surface area contributed by atoms with Crippen LogP contribution in [0.4, 0.5) is 0 Å². The van der Waals surface area contributed by atoms with Crippen LogP contribution in [0.25, 0.3) is 95.1 Å². The van der Waals surface area contributed by atoms with E-state index in [1.165, 1.54) is 22.3 Å². The number of rotatable bonds is 11. The summed E-state index contributed by atoms with van der Waals surface area (Å²) in [4.78, 5) is 15.1. The van der Waals surface area contributed by atoms with Crippen LogP contribution in [0.3, 0.4) is 0 Å². The van der Waals surface area contributed by atoms with Gasteiger partial charge in [0.1, 0.15) is 0 Å². The van der Waals surface area contributed by atoms with Crippen LogP contribution in [0, 0.1) is 0 Å². The van der Waals surface area contributed by atoms with Gasteiger partial charge in [-0.05, 0) is 104 Å². The van der Waals surface area contributed by atoms with Gasteiger partial charge in [-0.1, -0.05) is 207 Å². The maximum atomic E-state index is 5.08. The largest absolute Gasteiger partial charge is 0.208 e. The first-order chi connectivity index (χ1) is 30.1. The summed E-state index contributed by atoms with van der Waals surface area (Å²) < 4.78 is 0. The molecule has 9 rings (SSSR count). The molecule has 0 unspecified atom stereocenters. The molecule has 0 radical (unpaired) electrons. The summed E-state index contributed by atoms with van der Waals surface area (Å²) in [5.74, 6) is 1.79. The van der Waals surface area contributed by atoms with Crippen molar-refractivity contribution in [2.24, 2.45) is 0 Å². The Kier molecular flexibility index (Phi) is 11.3. The van der Waals surface area contributed by atoms with E-state index in [0.29, 0.717) is 17.5 Å². The van der Waals surface area contributed by atoms with E-state index < -0.39 is 0 Å². The lowest BCUT2D eigenvalue weighted by Crippen LogP contribution is -2.02. The zero-order chi connectivity index (χ0) is 41.4. The molecule has 0 fully saturated rings. The molecule has 0 amide bonds. The van der Waals surface area contributed by atoms with Gasteiger partial charge in [0.25, 0.3) is 0 Å². The van der Waals surface area contributed by atoms with Crippen molar-refractivity contribution in [1.29, 1.82) is 0 Å². The first kappa shape index (κ1) is 38.5. The van der Waals surface area contributed by atoms with Crippen molar-refractivity contribution in [1.82, 2.24) is 15.0 Å². The molecule has 8 aromatic carbocycles. The van der Waals surface area contributed by atoms with E-state index in [1.807, 2.05) is 55.5 Å². The molecule has 1 aromatic heterocycles. The van der Waals surface area contributed by atoms with Gasteiger partial charge in [0.2, 0.25) is 0 Å². The molecule has 0 atom stereocenters. The highest BCUT2D eigenvalue weighted by atomic mass is 15.0. The Morgan fingerprint density at radius 2 is 0.787 bits per heavy atom. The summed E-state index contributed by atoms with van der Waals surface area (Å²) in [5, 5.41) is 0. The van der Waals surface area contributed by atoms with Crippen molar-refractivity contribution < 1.29 is 0 Å². The van der Waals surface area contributed by atoms with E-state index in [4.69, 9.17) is 15.0 Å². The molecule has 1 heterocycles. The maximum Gasteiger partial charge on any atom is 0.164 e. The van der Waals surface area contributed by atoms with Crippen LogP contribution in [-0.2, 0) is 0 Å². The standard InChI is InChI=1S/C58H43N3/c1-3-18-46(19-4-2)56-59-57(47-26-15-8-16-27-47)61-58(60-56)50-34-35-54(55(40-50)45-24-13-7-14-25-45)53-38-51(44-32-30-43(31-33-44)41-20-9-5-10-21-41)37-52(39-53)49-29-17-28-48(36-49)42-22-11-6-12-23-42/h3-40H,1H2,2H3/b19-4-,46-18+. The van der Waals surface area contributed by atoms with Crippen LogP contribution in [0.15, 0.2) is 237 Å². The monoisotopic (exact) mass is 781 g/mol. The fourth-order valence-corrected chi connectivity index (χ4v) is 7.76. The first-order valence-corrected chi connectivity index (χ1v) is 20.6. The fraction of sp³-hybridized carbons (Fsp3) is 0.0172. The summed E-state index contributed by atoms with van der Waals surface area (Å²) in [7, 11) is 0. The van der Waals surface area contributed by atoms with Gasteiger partial charge >= 0.3 is 0 Å². The smallest absolute Gasteiger partial charge is 0.164 e. The van der Waals surface area contributed by atoms with Crippen LogP contribution in [0.1, 0.15) is 12.7 Å². The van der Waals surface area contributed by atoms with Crippen LogP contribution in [0.2, 0.25) is 0 Å².